The molecule has 5 rings (SSSR count). The Morgan fingerprint density at radius 2 is 1.84 bits per heavy atom. The van der Waals surface area contributed by atoms with Crippen molar-refractivity contribution in [2.24, 2.45) is 7.05 Å². The van der Waals surface area contributed by atoms with E-state index in [1.807, 2.05) is 24.5 Å². The van der Waals surface area contributed by atoms with Crippen LogP contribution in [0.15, 0.2) is 41.3 Å². The lowest BCUT2D eigenvalue weighted by molar-refractivity contribution is -0.107. The maximum Gasteiger partial charge on any atom is 0.322 e. The van der Waals surface area contributed by atoms with Gasteiger partial charge < -0.3 is 15.4 Å². The van der Waals surface area contributed by atoms with Gasteiger partial charge in [-0.3, -0.25) is 14.5 Å². The number of nitrogens with one attached hydrogen (secondary N) is 2. The number of urea groups is 1. The highest BCUT2D eigenvalue weighted by Gasteiger charge is 2.26. The van der Waals surface area contributed by atoms with Gasteiger partial charge in [-0.15, -0.1) is 0 Å². The van der Waals surface area contributed by atoms with Crippen LogP contribution < -0.4 is 15.5 Å². The number of hydrogen-bond donors (Lipinski definition) is 2. The first-order valence-corrected chi connectivity index (χ1v) is 16.2. The third kappa shape index (κ3) is 6.98. The number of halogens is 1. The molecule has 43 heavy (non-hydrogen) atoms. The fraction of sp³-hybridized carbons (Fsp3) is 0.516. The van der Waals surface area contributed by atoms with Crippen LogP contribution in [0.3, 0.4) is 0 Å². The minimum absolute atomic E-state index is 0.226. The lowest BCUT2D eigenvalue weighted by atomic mass is 9.89. The molecule has 10 nitrogen and oxygen atoms in total. The van der Waals surface area contributed by atoms with Crippen molar-refractivity contribution in [2.75, 3.05) is 51.7 Å². The van der Waals surface area contributed by atoms with Crippen LogP contribution in [0.1, 0.15) is 49.1 Å². The zero-order valence-electron chi connectivity index (χ0n) is 25.2. The lowest BCUT2D eigenvalue weighted by Crippen LogP contribution is -2.41. The smallest absolute Gasteiger partial charge is 0.322 e. The number of benzene rings is 2. The van der Waals surface area contributed by atoms with Gasteiger partial charge in [-0.05, 0) is 87.6 Å². The predicted molar refractivity (Wildman–Crippen MR) is 167 cm³/mol. The van der Waals surface area contributed by atoms with Crippen LogP contribution in [0, 0.1) is 5.82 Å². The van der Waals surface area contributed by atoms with Crippen molar-refractivity contribution in [2.45, 2.75) is 55.5 Å². The number of carbonyl (C=O) groups excluding carboxylic acids is 2. The molecular formula is C31H42FN7O3S. The van der Waals surface area contributed by atoms with Crippen LogP contribution in [-0.4, -0.2) is 88.4 Å². The van der Waals surface area contributed by atoms with E-state index in [9.17, 15) is 18.2 Å². The topological polar surface area (TPSA) is 103 Å². The summed E-state index contributed by atoms with van der Waals surface area (Å²) in [4.78, 5) is 27.9. The van der Waals surface area contributed by atoms with Gasteiger partial charge in [0.1, 0.15) is 23.1 Å². The summed E-state index contributed by atoms with van der Waals surface area (Å²) in [5.41, 5.74) is 2.73. The number of rotatable bonds is 10. The summed E-state index contributed by atoms with van der Waals surface area (Å²) in [5.74, 6) is 0.634. The van der Waals surface area contributed by atoms with Crippen LogP contribution in [0.5, 0.6) is 0 Å². The highest BCUT2D eigenvalue weighted by atomic mass is 32.2. The molecule has 2 aliphatic rings. The molecule has 0 saturated carbocycles. The molecular weight excluding hydrogens is 569 g/mol. The first kappa shape index (κ1) is 31.2. The van der Waals surface area contributed by atoms with E-state index in [0.29, 0.717) is 34.8 Å². The van der Waals surface area contributed by atoms with Crippen molar-refractivity contribution >= 4 is 40.0 Å². The van der Waals surface area contributed by atoms with Gasteiger partial charge in [0, 0.05) is 63.7 Å². The Balaban J connectivity index is 1.23. The van der Waals surface area contributed by atoms with Gasteiger partial charge in [0.15, 0.2) is 5.82 Å². The van der Waals surface area contributed by atoms with Gasteiger partial charge in [-0.2, -0.15) is 5.10 Å². The van der Waals surface area contributed by atoms with Crippen molar-refractivity contribution in [3.8, 4) is 0 Å². The minimum Gasteiger partial charge on any atom is -0.341 e. The number of aldehydes is 1. The lowest BCUT2D eigenvalue weighted by Gasteiger charge is -2.32. The average molecular weight is 612 g/mol. The predicted octanol–water partition coefficient (Wildman–Crippen LogP) is 3.53. The number of nitrogens with zero attached hydrogens (tertiary/aromatic N) is 5. The number of amides is 2. The monoisotopic (exact) mass is 611 g/mol. The molecule has 3 heterocycles. The molecule has 2 N–H and O–H groups in total. The summed E-state index contributed by atoms with van der Waals surface area (Å²) >= 11 is 0. The normalized spacial score (nSPS) is 18.1. The van der Waals surface area contributed by atoms with Crippen molar-refractivity contribution in [3.63, 3.8) is 0 Å². The maximum atomic E-state index is 14.9. The third-order valence-electron chi connectivity index (χ3n) is 8.81. The van der Waals surface area contributed by atoms with E-state index < -0.39 is 11.0 Å². The van der Waals surface area contributed by atoms with Gasteiger partial charge in [-0.1, -0.05) is 6.07 Å². The maximum absolute atomic E-state index is 14.9. The van der Waals surface area contributed by atoms with Crippen LogP contribution in [0.2, 0.25) is 0 Å². The molecule has 2 amide bonds. The summed E-state index contributed by atoms with van der Waals surface area (Å²) < 4.78 is 31.9. The molecule has 2 aliphatic heterocycles. The highest BCUT2D eigenvalue weighted by Crippen LogP contribution is 2.34. The van der Waals surface area contributed by atoms with E-state index in [1.54, 1.807) is 23.9 Å². The van der Waals surface area contributed by atoms with Gasteiger partial charge in [0.05, 0.1) is 10.4 Å². The molecule has 2 fully saturated rings. The molecule has 232 valence electrons. The van der Waals surface area contributed by atoms with E-state index in [4.69, 9.17) is 0 Å². The number of aromatic nitrogens is 2. The minimum atomic E-state index is -1.29. The van der Waals surface area contributed by atoms with E-state index in [0.717, 1.165) is 69.1 Å². The number of fused-ring (bicyclic) bond motifs is 1. The van der Waals surface area contributed by atoms with Crippen molar-refractivity contribution < 1.29 is 18.2 Å². The van der Waals surface area contributed by atoms with Gasteiger partial charge in [-0.25, -0.2) is 17.7 Å². The first-order valence-electron chi connectivity index (χ1n) is 15.1. The number of anilines is 1. The molecule has 0 radical (unpaired) electrons. The molecule has 1 atom stereocenters. The van der Waals surface area contributed by atoms with Crippen LogP contribution in [0.25, 0.3) is 10.9 Å². The highest BCUT2D eigenvalue weighted by molar-refractivity contribution is 7.82. The Labute approximate surface area is 255 Å². The second-order valence-corrected chi connectivity index (χ2v) is 12.9. The molecule has 12 heteroatoms. The Kier molecular flexibility index (Phi) is 10.2. The fourth-order valence-electron chi connectivity index (χ4n) is 6.23. The molecule has 2 saturated heterocycles. The average Bonchev–Trinajstić information content (AvgIpc) is 3.37. The van der Waals surface area contributed by atoms with Crippen molar-refractivity contribution in [1.29, 1.82) is 0 Å². The first-order chi connectivity index (χ1) is 20.8. The fourth-order valence-corrected chi connectivity index (χ4v) is 7.50. The van der Waals surface area contributed by atoms with Gasteiger partial charge in [0.25, 0.3) is 0 Å². The SMILES string of the molecule is CNC(=O)N(CCC=O)c1nn(C)c2cc(C3CCN(Cc4cc(S(=O)N5CCC(NC)CC5)ccc4F)CC3)ccc12. The van der Waals surface area contributed by atoms with Crippen molar-refractivity contribution in [1.82, 2.24) is 29.6 Å². The standard InChI is InChI=1S/C31H42FN7O3S/c1-33-25-11-16-38(17-12-25)43(42)26-6-8-28(32)24(19-26)21-37-14-9-22(10-15-37)23-5-7-27-29(20-23)36(3)35-30(27)39(13-4-18-40)31(41)34-2/h5-8,18-20,22,25,33H,4,9-17,21H2,1-3H3,(H,34,41). The largest absolute Gasteiger partial charge is 0.341 e. The Bertz CT molecular complexity index is 1470. The molecule has 1 aromatic heterocycles. The Morgan fingerprint density at radius 3 is 2.51 bits per heavy atom. The summed E-state index contributed by atoms with van der Waals surface area (Å²) in [5, 5.41) is 11.4. The van der Waals surface area contributed by atoms with Crippen molar-refractivity contribution in [3.05, 3.63) is 53.3 Å². The summed E-state index contributed by atoms with van der Waals surface area (Å²) in [6.45, 7) is 3.93. The second-order valence-electron chi connectivity index (χ2n) is 11.4. The van der Waals surface area contributed by atoms with E-state index in [1.165, 1.54) is 16.5 Å². The zero-order chi connectivity index (χ0) is 30.5. The molecule has 0 bridgehead atoms. The number of likely N-dealkylation sites (tertiary alicyclic amines) is 1. The number of carbonyl (C=O) groups is 2. The second kappa shape index (κ2) is 14.1. The number of aryl methyl sites for hydroxylation is 1. The van der Waals surface area contributed by atoms with Gasteiger partial charge >= 0.3 is 6.03 Å². The number of hydrogen-bond acceptors (Lipinski definition) is 6. The quantitative estimate of drug-likeness (QED) is 0.340. The molecule has 3 aromatic rings. The van der Waals surface area contributed by atoms with E-state index in [-0.39, 0.29) is 24.8 Å². The van der Waals surface area contributed by atoms with Crippen LogP contribution >= 0.6 is 0 Å². The Hall–Kier alpha value is -3.19. The Morgan fingerprint density at radius 1 is 1.09 bits per heavy atom. The van der Waals surface area contributed by atoms with Gasteiger partial charge in [0.2, 0.25) is 0 Å². The van der Waals surface area contributed by atoms with E-state index >= 15 is 0 Å². The molecule has 1 unspecified atom stereocenters. The van der Waals surface area contributed by atoms with Crippen LogP contribution in [0.4, 0.5) is 15.0 Å². The molecule has 2 aromatic carbocycles. The van der Waals surface area contributed by atoms with E-state index in [2.05, 4.69) is 32.8 Å². The summed E-state index contributed by atoms with van der Waals surface area (Å²) in [6.07, 6.45) is 4.81. The summed E-state index contributed by atoms with van der Waals surface area (Å²) in [7, 11) is 4.10. The zero-order valence-corrected chi connectivity index (χ0v) is 26.0. The third-order valence-corrected chi connectivity index (χ3v) is 10.3. The molecule has 0 aliphatic carbocycles. The number of piperidine rings is 2. The summed E-state index contributed by atoms with van der Waals surface area (Å²) in [6, 6.07) is 11.3. The van der Waals surface area contributed by atoms with Crippen LogP contribution in [-0.2, 0) is 29.4 Å². The molecule has 0 spiro atoms.